The number of halogens is 1. The van der Waals surface area contributed by atoms with Crippen molar-refractivity contribution in [2.45, 2.75) is 45.6 Å². The summed E-state index contributed by atoms with van der Waals surface area (Å²) in [5, 5.41) is 29.3. The number of anilines is 1. The predicted molar refractivity (Wildman–Crippen MR) is 173 cm³/mol. The zero-order valence-corrected chi connectivity index (χ0v) is 25.4. The average Bonchev–Trinajstić information content (AvgIpc) is 3.64. The van der Waals surface area contributed by atoms with Crippen LogP contribution in [0.1, 0.15) is 37.0 Å². The van der Waals surface area contributed by atoms with Gasteiger partial charge in [-0.25, -0.2) is 14.5 Å². The third-order valence-corrected chi connectivity index (χ3v) is 8.98. The molecule has 0 amide bonds. The van der Waals surface area contributed by atoms with Crippen LogP contribution in [-0.4, -0.2) is 64.9 Å². The van der Waals surface area contributed by atoms with E-state index in [1.54, 1.807) is 16.8 Å². The lowest BCUT2D eigenvalue weighted by atomic mass is 9.71. The summed E-state index contributed by atoms with van der Waals surface area (Å²) in [6.45, 7) is 6.72. The van der Waals surface area contributed by atoms with Crippen molar-refractivity contribution >= 4 is 39.5 Å². The van der Waals surface area contributed by atoms with Gasteiger partial charge in [0, 0.05) is 54.6 Å². The predicted octanol–water partition coefficient (Wildman–Crippen LogP) is 5.51. The summed E-state index contributed by atoms with van der Waals surface area (Å²) in [6, 6.07) is 14.1. The molecule has 224 valence electrons. The number of hydrogen-bond donors (Lipinski definition) is 3. The number of aliphatic hydroxyl groups is 2. The van der Waals surface area contributed by atoms with Crippen molar-refractivity contribution in [1.29, 1.82) is 0 Å². The highest BCUT2D eigenvalue weighted by Gasteiger charge is 2.35. The summed E-state index contributed by atoms with van der Waals surface area (Å²) < 4.78 is 1.62. The lowest BCUT2D eigenvalue weighted by Gasteiger charge is -2.38. The van der Waals surface area contributed by atoms with E-state index in [0.29, 0.717) is 28.6 Å². The van der Waals surface area contributed by atoms with Crippen molar-refractivity contribution in [2.75, 3.05) is 18.4 Å². The van der Waals surface area contributed by atoms with Gasteiger partial charge in [0.2, 0.25) is 0 Å². The first-order chi connectivity index (χ1) is 21.3. The Labute approximate surface area is 260 Å². The molecule has 2 aliphatic rings. The molecular formula is C34H34ClN7O2. The Morgan fingerprint density at radius 1 is 1.09 bits per heavy atom. The van der Waals surface area contributed by atoms with Crippen LogP contribution in [0.5, 0.6) is 0 Å². The quantitative estimate of drug-likeness (QED) is 0.222. The van der Waals surface area contributed by atoms with Crippen molar-refractivity contribution in [2.24, 2.45) is 5.41 Å². The molecule has 7 rings (SSSR count). The smallest absolute Gasteiger partial charge is 0.182 e. The largest absolute Gasteiger partial charge is 0.392 e. The molecule has 1 aromatic carbocycles. The second-order valence-electron chi connectivity index (χ2n) is 12.2. The summed E-state index contributed by atoms with van der Waals surface area (Å²) in [5.74, 6) is 1.31. The van der Waals surface area contributed by atoms with Crippen LogP contribution in [-0.2, 0) is 13.2 Å². The van der Waals surface area contributed by atoms with Gasteiger partial charge in [0.05, 0.1) is 23.8 Å². The van der Waals surface area contributed by atoms with Gasteiger partial charge >= 0.3 is 0 Å². The minimum absolute atomic E-state index is 0.0409. The van der Waals surface area contributed by atoms with Gasteiger partial charge in [0.25, 0.3) is 0 Å². The lowest BCUT2D eigenvalue weighted by Crippen LogP contribution is -2.37. The first kappa shape index (κ1) is 28.6. The van der Waals surface area contributed by atoms with Crippen LogP contribution in [0.25, 0.3) is 33.5 Å². The van der Waals surface area contributed by atoms with E-state index in [9.17, 15) is 10.2 Å². The molecule has 2 atom stereocenters. The Morgan fingerprint density at radius 2 is 1.95 bits per heavy atom. The first-order valence-corrected chi connectivity index (χ1v) is 15.2. The maximum Gasteiger partial charge on any atom is 0.182 e. The highest BCUT2D eigenvalue weighted by Crippen LogP contribution is 2.43. The molecule has 0 radical (unpaired) electrons. The minimum Gasteiger partial charge on any atom is -0.392 e. The van der Waals surface area contributed by atoms with Crippen LogP contribution < -0.4 is 5.32 Å². The van der Waals surface area contributed by atoms with E-state index in [0.717, 1.165) is 52.9 Å². The Morgan fingerprint density at radius 3 is 2.77 bits per heavy atom. The number of aliphatic hydroxyl groups excluding tert-OH is 2. The SMILES string of the molecule is CC1(C)C(c2cccc(-c3nc4c(Cl)cc(CO)cn4n3)c2)=CC=CC1Nc1nccc2cc(CN3CC[C@@H](O)C3)cnc12. The van der Waals surface area contributed by atoms with E-state index in [1.165, 1.54) is 5.57 Å². The third kappa shape index (κ3) is 5.37. The third-order valence-electron chi connectivity index (χ3n) is 8.70. The standard InChI is InChI=1S/C34H34ClN7O2/c1-34(2)27(23-5-3-6-25(15-23)31-39-33-28(35)14-22(20-43)18-42(33)40-31)7-4-8-29(34)38-32-30-24(9-11-36-32)13-21(16-37-30)17-41-12-10-26(44)19-41/h3-9,11,13-16,18,26,29,43-44H,10,12,17,19-20H2,1-2H3,(H,36,38)/t26-,29?/m1/s1. The summed E-state index contributed by atoms with van der Waals surface area (Å²) >= 11 is 6.42. The number of hydrogen-bond acceptors (Lipinski definition) is 8. The van der Waals surface area contributed by atoms with Crippen molar-refractivity contribution in [1.82, 2.24) is 29.5 Å². The number of benzene rings is 1. The number of nitrogens with one attached hydrogen (secondary N) is 1. The number of nitrogens with zero attached hydrogens (tertiary/aromatic N) is 6. The number of likely N-dealkylation sites (tertiary alicyclic amines) is 1. The minimum atomic E-state index is -0.292. The average molecular weight is 608 g/mol. The Bertz CT molecular complexity index is 1930. The van der Waals surface area contributed by atoms with Gasteiger partial charge in [-0.05, 0) is 52.9 Å². The molecule has 0 bridgehead atoms. The zero-order valence-electron chi connectivity index (χ0n) is 24.7. The van der Waals surface area contributed by atoms with Crippen LogP contribution in [0.3, 0.4) is 0 Å². The first-order valence-electron chi connectivity index (χ1n) is 14.8. The molecule has 5 heterocycles. The number of allylic oxidation sites excluding steroid dienone is 2. The van der Waals surface area contributed by atoms with E-state index in [1.807, 2.05) is 30.6 Å². The van der Waals surface area contributed by atoms with Gasteiger partial charge in [-0.15, -0.1) is 5.10 Å². The summed E-state index contributed by atoms with van der Waals surface area (Å²) in [4.78, 5) is 16.5. The fraction of sp³-hybridized carbons (Fsp3) is 0.294. The van der Waals surface area contributed by atoms with Crippen molar-refractivity contribution < 1.29 is 10.2 Å². The Kier molecular flexibility index (Phi) is 7.42. The number of pyridine rings is 3. The molecule has 1 unspecified atom stereocenters. The van der Waals surface area contributed by atoms with Gasteiger partial charge in [-0.3, -0.25) is 9.88 Å². The van der Waals surface area contributed by atoms with Crippen molar-refractivity contribution in [3.63, 3.8) is 0 Å². The Balaban J connectivity index is 1.14. The van der Waals surface area contributed by atoms with Crippen LogP contribution in [0, 0.1) is 5.41 Å². The molecular weight excluding hydrogens is 574 g/mol. The number of β-amino-alcohol motifs (C(OH)–C–C–N with tert-alkyl or cyclic N) is 1. The molecule has 9 nitrogen and oxygen atoms in total. The maximum absolute atomic E-state index is 9.89. The van der Waals surface area contributed by atoms with E-state index < -0.39 is 0 Å². The van der Waals surface area contributed by atoms with Gasteiger partial charge in [-0.2, -0.15) is 0 Å². The van der Waals surface area contributed by atoms with Crippen LogP contribution in [0.2, 0.25) is 5.02 Å². The molecule has 0 spiro atoms. The van der Waals surface area contributed by atoms with Crippen LogP contribution in [0.4, 0.5) is 5.82 Å². The fourth-order valence-electron chi connectivity index (χ4n) is 6.27. The van der Waals surface area contributed by atoms with Gasteiger partial charge in [0.1, 0.15) is 5.52 Å². The molecule has 1 saturated heterocycles. The van der Waals surface area contributed by atoms with Gasteiger partial charge in [-0.1, -0.05) is 61.9 Å². The normalized spacial score (nSPS) is 20.0. The van der Waals surface area contributed by atoms with E-state index >= 15 is 0 Å². The second kappa shape index (κ2) is 11.4. The highest BCUT2D eigenvalue weighted by molar-refractivity contribution is 6.33. The van der Waals surface area contributed by atoms with Gasteiger partial charge in [0.15, 0.2) is 17.3 Å². The molecule has 5 aromatic rings. The molecule has 44 heavy (non-hydrogen) atoms. The molecule has 1 aliphatic carbocycles. The second-order valence-corrected chi connectivity index (χ2v) is 12.6. The molecule has 1 fully saturated rings. The van der Waals surface area contributed by atoms with Crippen molar-refractivity contribution in [3.8, 4) is 11.4 Å². The van der Waals surface area contributed by atoms with Gasteiger partial charge < -0.3 is 15.5 Å². The molecule has 1 aliphatic heterocycles. The highest BCUT2D eigenvalue weighted by atomic mass is 35.5. The monoisotopic (exact) mass is 607 g/mol. The number of aromatic nitrogens is 5. The topological polar surface area (TPSA) is 112 Å². The number of rotatable bonds is 7. The molecule has 3 N–H and O–H groups in total. The van der Waals surface area contributed by atoms with Crippen LogP contribution in [0.15, 0.2) is 79.3 Å². The van der Waals surface area contributed by atoms with Crippen LogP contribution >= 0.6 is 11.6 Å². The Hall–Kier alpha value is -4.15. The van der Waals surface area contributed by atoms with Crippen molar-refractivity contribution in [3.05, 3.63) is 101 Å². The summed E-state index contributed by atoms with van der Waals surface area (Å²) in [5.41, 5.74) is 6.02. The maximum atomic E-state index is 9.89. The summed E-state index contributed by atoms with van der Waals surface area (Å²) in [7, 11) is 0. The fourth-order valence-corrected chi connectivity index (χ4v) is 6.54. The summed E-state index contributed by atoms with van der Waals surface area (Å²) in [6.07, 6.45) is 12.5. The van der Waals surface area contributed by atoms with E-state index in [2.05, 4.69) is 75.6 Å². The molecule has 10 heteroatoms. The molecule has 0 saturated carbocycles. The lowest BCUT2D eigenvalue weighted by molar-refractivity contribution is 0.175. The number of fused-ring (bicyclic) bond motifs is 2. The molecule has 4 aromatic heterocycles. The zero-order chi connectivity index (χ0) is 30.4. The van der Waals surface area contributed by atoms with E-state index in [-0.39, 0.29) is 24.2 Å². The van der Waals surface area contributed by atoms with E-state index in [4.69, 9.17) is 16.6 Å².